The summed E-state index contributed by atoms with van der Waals surface area (Å²) in [5.41, 5.74) is 0. The molecule has 0 bridgehead atoms. The molecular formula is C15H30N2O2S. The van der Waals surface area contributed by atoms with Crippen molar-refractivity contribution in [1.29, 1.82) is 0 Å². The molecule has 2 fully saturated rings. The van der Waals surface area contributed by atoms with Gasteiger partial charge in [-0.25, -0.2) is 13.1 Å². The Morgan fingerprint density at radius 3 is 2.20 bits per heavy atom. The minimum atomic E-state index is -3.07. The van der Waals surface area contributed by atoms with Gasteiger partial charge in [-0.3, -0.25) is 0 Å². The highest BCUT2D eigenvalue weighted by Crippen LogP contribution is 2.26. The van der Waals surface area contributed by atoms with Gasteiger partial charge in [0.05, 0.1) is 5.75 Å². The Balaban J connectivity index is 1.57. The van der Waals surface area contributed by atoms with Gasteiger partial charge in [0.1, 0.15) is 0 Å². The van der Waals surface area contributed by atoms with Crippen molar-refractivity contribution >= 4 is 10.0 Å². The van der Waals surface area contributed by atoms with Crippen LogP contribution in [-0.4, -0.2) is 32.8 Å². The predicted octanol–water partition coefficient (Wildman–Crippen LogP) is 2.41. The Hall–Kier alpha value is -0.130. The lowest BCUT2D eigenvalue weighted by molar-refractivity contribution is 0.306. The fourth-order valence-corrected chi connectivity index (χ4v) is 4.46. The SMILES string of the molecule is CCC1CCC(NS(=O)(=O)CCCCNC2CC2)CC1. The van der Waals surface area contributed by atoms with Crippen molar-refractivity contribution in [3.63, 3.8) is 0 Å². The van der Waals surface area contributed by atoms with Crippen molar-refractivity contribution in [1.82, 2.24) is 10.0 Å². The summed E-state index contributed by atoms with van der Waals surface area (Å²) in [7, 11) is -3.07. The van der Waals surface area contributed by atoms with Crippen LogP contribution < -0.4 is 10.0 Å². The topological polar surface area (TPSA) is 58.2 Å². The highest BCUT2D eigenvalue weighted by atomic mass is 32.2. The van der Waals surface area contributed by atoms with Gasteiger partial charge in [0.25, 0.3) is 0 Å². The second-order valence-electron chi connectivity index (χ2n) is 6.50. The zero-order valence-corrected chi connectivity index (χ0v) is 13.6. The van der Waals surface area contributed by atoms with Crippen LogP contribution in [0, 0.1) is 5.92 Å². The van der Waals surface area contributed by atoms with E-state index in [-0.39, 0.29) is 11.8 Å². The van der Waals surface area contributed by atoms with Crippen LogP contribution in [0.15, 0.2) is 0 Å². The second-order valence-corrected chi connectivity index (χ2v) is 8.37. The molecular weight excluding hydrogens is 272 g/mol. The molecule has 118 valence electrons. The summed E-state index contributed by atoms with van der Waals surface area (Å²) in [6.07, 6.45) is 9.92. The molecule has 0 aromatic heterocycles. The van der Waals surface area contributed by atoms with E-state index >= 15 is 0 Å². The molecule has 2 aliphatic rings. The number of nitrogens with one attached hydrogen (secondary N) is 2. The third kappa shape index (κ3) is 6.10. The van der Waals surface area contributed by atoms with Crippen LogP contribution in [0.3, 0.4) is 0 Å². The maximum Gasteiger partial charge on any atom is 0.211 e. The predicted molar refractivity (Wildman–Crippen MR) is 83.2 cm³/mol. The van der Waals surface area contributed by atoms with E-state index in [2.05, 4.69) is 17.0 Å². The van der Waals surface area contributed by atoms with Crippen LogP contribution in [-0.2, 0) is 10.0 Å². The summed E-state index contributed by atoms with van der Waals surface area (Å²) in [6, 6.07) is 0.908. The maximum atomic E-state index is 12.0. The maximum absolute atomic E-state index is 12.0. The number of unbranched alkanes of at least 4 members (excludes halogenated alkanes) is 1. The van der Waals surface area contributed by atoms with Crippen LogP contribution in [0.2, 0.25) is 0 Å². The van der Waals surface area contributed by atoms with E-state index in [0.29, 0.717) is 0 Å². The Morgan fingerprint density at radius 1 is 0.950 bits per heavy atom. The molecule has 0 saturated heterocycles. The Kier molecular flexibility index (Phi) is 6.30. The summed E-state index contributed by atoms with van der Waals surface area (Å²) in [5.74, 6) is 1.09. The first-order valence-corrected chi connectivity index (χ1v) is 9.97. The van der Waals surface area contributed by atoms with Crippen molar-refractivity contribution in [3.8, 4) is 0 Å². The smallest absolute Gasteiger partial charge is 0.211 e. The molecule has 4 nitrogen and oxygen atoms in total. The fraction of sp³-hybridized carbons (Fsp3) is 1.00. The zero-order chi connectivity index (χ0) is 14.4. The molecule has 2 rings (SSSR count). The van der Waals surface area contributed by atoms with Gasteiger partial charge in [-0.15, -0.1) is 0 Å². The summed E-state index contributed by atoms with van der Waals surface area (Å²) in [4.78, 5) is 0. The minimum Gasteiger partial charge on any atom is -0.314 e. The lowest BCUT2D eigenvalue weighted by atomic mass is 9.85. The number of sulfonamides is 1. The van der Waals surface area contributed by atoms with E-state index in [4.69, 9.17) is 0 Å². The first kappa shape index (κ1) is 16.2. The van der Waals surface area contributed by atoms with Crippen LogP contribution in [0.25, 0.3) is 0 Å². The van der Waals surface area contributed by atoms with Crippen molar-refractivity contribution in [3.05, 3.63) is 0 Å². The monoisotopic (exact) mass is 302 g/mol. The average molecular weight is 302 g/mol. The van der Waals surface area contributed by atoms with E-state index in [0.717, 1.165) is 44.2 Å². The molecule has 0 aromatic carbocycles. The third-order valence-corrected chi connectivity index (χ3v) is 6.14. The molecule has 2 aliphatic carbocycles. The van der Waals surface area contributed by atoms with Crippen LogP contribution in [0.1, 0.15) is 64.7 Å². The Bertz CT molecular complexity index is 371. The van der Waals surface area contributed by atoms with Crippen molar-refractivity contribution in [2.45, 2.75) is 76.8 Å². The number of rotatable bonds is 9. The molecule has 20 heavy (non-hydrogen) atoms. The summed E-state index contributed by atoms with van der Waals surface area (Å²) >= 11 is 0. The van der Waals surface area contributed by atoms with Crippen molar-refractivity contribution < 1.29 is 8.42 Å². The van der Waals surface area contributed by atoms with E-state index in [1.165, 1.54) is 32.1 Å². The summed E-state index contributed by atoms with van der Waals surface area (Å²) in [6.45, 7) is 3.19. The van der Waals surface area contributed by atoms with Gasteiger partial charge in [-0.1, -0.05) is 13.3 Å². The van der Waals surface area contributed by atoms with Gasteiger partial charge in [0.15, 0.2) is 0 Å². The molecule has 0 atom stereocenters. The molecule has 0 aliphatic heterocycles. The summed E-state index contributed by atoms with van der Waals surface area (Å²) in [5, 5.41) is 3.42. The van der Waals surface area contributed by atoms with E-state index in [1.807, 2.05) is 0 Å². The third-order valence-electron chi connectivity index (χ3n) is 4.62. The van der Waals surface area contributed by atoms with Gasteiger partial charge < -0.3 is 5.32 Å². The minimum absolute atomic E-state index is 0.187. The lowest BCUT2D eigenvalue weighted by Crippen LogP contribution is -2.38. The number of hydrogen-bond acceptors (Lipinski definition) is 3. The summed E-state index contributed by atoms with van der Waals surface area (Å²) < 4.78 is 27.0. The molecule has 2 N–H and O–H groups in total. The molecule has 2 saturated carbocycles. The highest BCUT2D eigenvalue weighted by molar-refractivity contribution is 7.89. The Morgan fingerprint density at radius 2 is 1.60 bits per heavy atom. The average Bonchev–Trinajstić information content (AvgIpc) is 3.23. The first-order valence-electron chi connectivity index (χ1n) is 8.32. The van der Waals surface area contributed by atoms with Crippen molar-refractivity contribution in [2.75, 3.05) is 12.3 Å². The van der Waals surface area contributed by atoms with Crippen molar-refractivity contribution in [2.24, 2.45) is 5.92 Å². The molecule has 0 heterocycles. The van der Waals surface area contributed by atoms with Gasteiger partial charge in [0.2, 0.25) is 10.0 Å². The van der Waals surface area contributed by atoms with Crippen LogP contribution >= 0.6 is 0 Å². The lowest BCUT2D eigenvalue weighted by Gasteiger charge is -2.28. The first-order chi connectivity index (χ1) is 9.59. The molecule has 0 radical (unpaired) electrons. The second kappa shape index (κ2) is 7.76. The van der Waals surface area contributed by atoms with Crippen LogP contribution in [0.5, 0.6) is 0 Å². The molecule has 0 unspecified atom stereocenters. The quantitative estimate of drug-likeness (QED) is 0.643. The van der Waals surface area contributed by atoms with Crippen LogP contribution in [0.4, 0.5) is 0 Å². The molecule has 0 spiro atoms. The standard InChI is InChI=1S/C15H30N2O2S/c1-2-13-5-7-15(8-6-13)17-20(18,19)12-4-3-11-16-14-9-10-14/h13-17H,2-12H2,1H3. The van der Waals surface area contributed by atoms with Gasteiger partial charge in [-0.2, -0.15) is 0 Å². The van der Waals surface area contributed by atoms with Gasteiger partial charge >= 0.3 is 0 Å². The van der Waals surface area contributed by atoms with E-state index in [1.54, 1.807) is 0 Å². The highest BCUT2D eigenvalue weighted by Gasteiger charge is 2.24. The normalized spacial score (nSPS) is 27.6. The molecule has 5 heteroatoms. The van der Waals surface area contributed by atoms with Gasteiger partial charge in [0, 0.05) is 12.1 Å². The molecule has 0 aromatic rings. The zero-order valence-electron chi connectivity index (χ0n) is 12.7. The largest absolute Gasteiger partial charge is 0.314 e. The van der Waals surface area contributed by atoms with E-state index in [9.17, 15) is 8.42 Å². The van der Waals surface area contributed by atoms with E-state index < -0.39 is 10.0 Å². The number of hydrogen-bond donors (Lipinski definition) is 2. The Labute approximate surface area is 124 Å². The molecule has 0 amide bonds. The van der Waals surface area contributed by atoms with Gasteiger partial charge in [-0.05, 0) is 63.8 Å². The fourth-order valence-electron chi connectivity index (χ4n) is 3.01.